The number of carbonyl (C=O) groups is 1. The van der Waals surface area contributed by atoms with E-state index in [1.807, 2.05) is 59.2 Å². The Kier molecular flexibility index (Phi) is 8.12. The average Bonchev–Trinajstić information content (AvgIpc) is 3.78. The molecule has 3 aliphatic rings. The molecule has 2 saturated heterocycles. The van der Waals surface area contributed by atoms with Gasteiger partial charge in [-0.1, -0.05) is 6.07 Å². The van der Waals surface area contributed by atoms with E-state index in [2.05, 4.69) is 16.4 Å². The van der Waals surface area contributed by atoms with Crippen molar-refractivity contribution in [1.29, 1.82) is 5.41 Å². The number of benzene rings is 1. The highest BCUT2D eigenvalue weighted by molar-refractivity contribution is 6.38. The number of aliphatic imine (C=N–C) groups is 1. The van der Waals surface area contributed by atoms with Crippen molar-refractivity contribution in [2.24, 2.45) is 10.7 Å². The van der Waals surface area contributed by atoms with Crippen molar-refractivity contribution in [3.63, 3.8) is 0 Å². The molecule has 5 heterocycles. The summed E-state index contributed by atoms with van der Waals surface area (Å²) in [6.45, 7) is 1.05. The molecule has 2 bridgehead atoms. The van der Waals surface area contributed by atoms with Crippen LogP contribution in [-0.4, -0.2) is 82.0 Å². The van der Waals surface area contributed by atoms with Crippen molar-refractivity contribution in [3.05, 3.63) is 60.0 Å². The lowest BCUT2D eigenvalue weighted by atomic mass is 9.85. The average molecular weight is 622 g/mol. The van der Waals surface area contributed by atoms with E-state index >= 15 is 0 Å². The molecule has 3 fully saturated rings. The number of aromatic nitrogens is 4. The Morgan fingerprint density at radius 1 is 1.04 bits per heavy atom. The predicted octanol–water partition coefficient (Wildman–Crippen LogP) is 4.60. The fourth-order valence-electron chi connectivity index (χ4n) is 7.23. The van der Waals surface area contributed by atoms with Crippen molar-refractivity contribution in [1.82, 2.24) is 24.5 Å². The van der Waals surface area contributed by atoms with Crippen LogP contribution in [0.3, 0.4) is 0 Å². The summed E-state index contributed by atoms with van der Waals surface area (Å²) in [5.74, 6) is 2.05. The van der Waals surface area contributed by atoms with Crippen LogP contribution in [-0.2, 0) is 9.53 Å². The highest BCUT2D eigenvalue weighted by atomic mass is 16.5. The topological polar surface area (TPSA) is 156 Å². The van der Waals surface area contributed by atoms with Gasteiger partial charge in [-0.25, -0.2) is 9.98 Å². The number of ether oxygens (including phenoxy) is 2. The van der Waals surface area contributed by atoms with E-state index in [0.29, 0.717) is 19.1 Å². The molecule has 2 aliphatic heterocycles. The second-order valence-corrected chi connectivity index (χ2v) is 12.3. The highest BCUT2D eigenvalue weighted by Gasteiger charge is 2.46. The van der Waals surface area contributed by atoms with Crippen molar-refractivity contribution < 1.29 is 14.3 Å². The van der Waals surface area contributed by atoms with E-state index < -0.39 is 0 Å². The van der Waals surface area contributed by atoms with Gasteiger partial charge in [-0.3, -0.25) is 15.2 Å². The minimum absolute atomic E-state index is 0.0750. The predicted molar refractivity (Wildman–Crippen MR) is 177 cm³/mol. The third-order valence-electron chi connectivity index (χ3n) is 9.49. The fraction of sp³-hybridized carbons (Fsp3) is 0.412. The molecule has 238 valence electrons. The number of amidine groups is 1. The van der Waals surface area contributed by atoms with Crippen LogP contribution in [0.2, 0.25) is 0 Å². The summed E-state index contributed by atoms with van der Waals surface area (Å²) in [5, 5.41) is 15.5. The molecule has 1 amide bonds. The van der Waals surface area contributed by atoms with Crippen LogP contribution in [0.5, 0.6) is 5.75 Å². The molecular weight excluding hydrogens is 582 g/mol. The number of carbonyl (C=O) groups excluding carboxylic acids is 1. The fourth-order valence-corrected chi connectivity index (χ4v) is 7.23. The molecule has 2 atom stereocenters. The second-order valence-electron chi connectivity index (χ2n) is 12.3. The molecular formula is C34H39N9O3. The van der Waals surface area contributed by atoms with Gasteiger partial charge in [0.1, 0.15) is 24.5 Å². The number of nitrogens with one attached hydrogen (secondary N) is 2. The number of rotatable bonds is 10. The molecule has 4 N–H and O–H groups in total. The van der Waals surface area contributed by atoms with Crippen molar-refractivity contribution in [2.75, 3.05) is 32.7 Å². The monoisotopic (exact) mass is 621 g/mol. The Labute approximate surface area is 267 Å². The van der Waals surface area contributed by atoms with Crippen LogP contribution in [0.1, 0.15) is 61.6 Å². The maximum atomic E-state index is 13.1. The molecule has 2 unspecified atom stereocenters. The second kappa shape index (κ2) is 12.5. The Morgan fingerprint density at radius 3 is 2.41 bits per heavy atom. The van der Waals surface area contributed by atoms with Gasteiger partial charge < -0.3 is 25.4 Å². The number of hydrogen-bond acceptors (Lipinski definition) is 8. The van der Waals surface area contributed by atoms with Gasteiger partial charge in [0.15, 0.2) is 11.5 Å². The molecule has 1 aromatic carbocycles. The Balaban J connectivity index is 1.20. The lowest BCUT2D eigenvalue weighted by Gasteiger charge is -2.39. The summed E-state index contributed by atoms with van der Waals surface area (Å²) in [4.78, 5) is 28.9. The minimum atomic E-state index is -0.267. The quantitative estimate of drug-likeness (QED) is 0.132. The minimum Gasteiger partial charge on any atom is -0.491 e. The van der Waals surface area contributed by atoms with E-state index in [4.69, 9.17) is 35.7 Å². The van der Waals surface area contributed by atoms with Crippen LogP contribution >= 0.6 is 0 Å². The molecule has 1 aliphatic carbocycles. The maximum absolute atomic E-state index is 13.1. The number of pyridine rings is 1. The number of piperidine rings is 1. The molecule has 1 saturated carbocycles. The van der Waals surface area contributed by atoms with Gasteiger partial charge in [0, 0.05) is 60.6 Å². The van der Waals surface area contributed by atoms with E-state index in [9.17, 15) is 4.79 Å². The summed E-state index contributed by atoms with van der Waals surface area (Å²) in [7, 11) is 3.61. The van der Waals surface area contributed by atoms with Crippen molar-refractivity contribution in [2.45, 2.75) is 62.4 Å². The van der Waals surface area contributed by atoms with Gasteiger partial charge in [0.05, 0.1) is 24.2 Å². The van der Waals surface area contributed by atoms with Gasteiger partial charge in [0.2, 0.25) is 0 Å². The lowest BCUT2D eigenvalue weighted by molar-refractivity contribution is -0.128. The number of fused-ring (bicyclic) bond motifs is 3. The van der Waals surface area contributed by atoms with Crippen LogP contribution in [0.25, 0.3) is 28.0 Å². The van der Waals surface area contributed by atoms with Crippen LogP contribution in [0, 0.1) is 5.41 Å². The normalized spacial score (nSPS) is 21.0. The van der Waals surface area contributed by atoms with Crippen LogP contribution < -0.4 is 15.8 Å². The molecule has 46 heavy (non-hydrogen) atoms. The third kappa shape index (κ3) is 5.46. The molecule has 0 radical (unpaired) electrons. The first-order valence-electron chi connectivity index (χ1n) is 15.9. The summed E-state index contributed by atoms with van der Waals surface area (Å²) >= 11 is 0. The standard InChI is InChI=1S/C34H39N9O3/c1-37-33-29(21-3-4-21)30(23-15-24-8-9-25(16-23)42(24)34(44)31(36)39-19-35)41-32-27(18-40-43(32)33)22-7-12-28(38-17-22)20-5-10-26(11-6-20)46-14-13-45-2/h5-7,10-12,17-19,21,23-25,37H,3-4,8-9,13-16H2,1-2H3,(H3,35,36,39). The van der Waals surface area contributed by atoms with E-state index in [-0.39, 0.29) is 29.7 Å². The molecule has 3 aromatic heterocycles. The highest BCUT2D eigenvalue weighted by Crippen LogP contribution is 2.51. The number of anilines is 1. The first-order valence-corrected chi connectivity index (χ1v) is 15.9. The largest absolute Gasteiger partial charge is 0.491 e. The number of amides is 1. The smallest absolute Gasteiger partial charge is 0.289 e. The third-order valence-corrected chi connectivity index (χ3v) is 9.49. The molecule has 12 heteroatoms. The van der Waals surface area contributed by atoms with E-state index in [1.165, 1.54) is 5.56 Å². The first-order chi connectivity index (χ1) is 22.5. The molecule has 4 aromatic rings. The Morgan fingerprint density at radius 2 is 1.78 bits per heavy atom. The van der Waals surface area contributed by atoms with E-state index in [1.54, 1.807) is 7.11 Å². The molecule has 7 rings (SSSR count). The van der Waals surface area contributed by atoms with Gasteiger partial charge in [-0.05, 0) is 74.8 Å². The zero-order valence-electron chi connectivity index (χ0n) is 26.1. The van der Waals surface area contributed by atoms with Gasteiger partial charge in [0.25, 0.3) is 5.91 Å². The zero-order chi connectivity index (χ0) is 31.8. The molecule has 12 nitrogen and oxygen atoms in total. The summed E-state index contributed by atoms with van der Waals surface area (Å²) in [6, 6.07) is 12.1. The number of hydrogen-bond donors (Lipinski definition) is 3. The summed E-state index contributed by atoms with van der Waals surface area (Å²) in [6.07, 6.45) is 10.4. The van der Waals surface area contributed by atoms with E-state index in [0.717, 1.165) is 90.2 Å². The number of nitrogens with zero attached hydrogens (tertiary/aromatic N) is 6. The number of methoxy groups -OCH3 is 1. The van der Waals surface area contributed by atoms with Crippen molar-refractivity contribution in [3.8, 4) is 28.1 Å². The number of nitrogens with two attached hydrogens (primary N) is 1. The van der Waals surface area contributed by atoms with Crippen LogP contribution in [0.4, 0.5) is 5.82 Å². The summed E-state index contributed by atoms with van der Waals surface area (Å²) in [5.41, 5.74) is 12.8. The van der Waals surface area contributed by atoms with Gasteiger partial charge >= 0.3 is 0 Å². The molecule has 0 spiro atoms. The SMILES string of the molecule is CNc1c(C2CC2)c(C2CC3CCC(C2)N3C(=O)C(N)=NC=N)nc2c(-c3ccc(-c4ccc(OCCOC)cc4)nc3)cnn12. The zero-order valence-corrected chi connectivity index (χ0v) is 26.1. The summed E-state index contributed by atoms with van der Waals surface area (Å²) < 4.78 is 12.7. The Bertz CT molecular complexity index is 1770. The van der Waals surface area contributed by atoms with Crippen molar-refractivity contribution >= 4 is 29.5 Å². The van der Waals surface area contributed by atoms with Gasteiger partial charge in [-0.2, -0.15) is 9.61 Å². The Hall–Kier alpha value is -4.84. The van der Waals surface area contributed by atoms with Gasteiger partial charge in [-0.15, -0.1) is 0 Å². The first kappa shape index (κ1) is 29.8. The van der Waals surface area contributed by atoms with Crippen LogP contribution in [0.15, 0.2) is 53.8 Å². The maximum Gasteiger partial charge on any atom is 0.289 e. The lowest BCUT2D eigenvalue weighted by Crippen LogP contribution is -2.50.